The Bertz CT molecular complexity index is 1190. The molecule has 2 saturated heterocycles. The third-order valence-corrected chi connectivity index (χ3v) is 6.12. The monoisotopic (exact) mass is 494 g/mol. The molecule has 2 fully saturated rings. The van der Waals surface area contributed by atoms with Gasteiger partial charge in [0.25, 0.3) is 11.7 Å². The van der Waals surface area contributed by atoms with E-state index in [2.05, 4.69) is 18.1 Å². The van der Waals surface area contributed by atoms with Crippen LogP contribution in [-0.2, 0) is 14.3 Å². The lowest BCUT2D eigenvalue weighted by molar-refractivity contribution is -0.140. The number of aliphatic hydroxyl groups excluding tert-OH is 1. The normalized spacial score (nSPS) is 19.8. The van der Waals surface area contributed by atoms with E-state index in [1.54, 1.807) is 18.2 Å². The molecule has 2 aromatic carbocycles. The Balaban J connectivity index is 1.79. The summed E-state index contributed by atoms with van der Waals surface area (Å²) in [5.74, 6) is -1.76. The molecule has 36 heavy (non-hydrogen) atoms. The van der Waals surface area contributed by atoms with Gasteiger partial charge in [-0.2, -0.15) is 0 Å². The van der Waals surface area contributed by atoms with E-state index in [4.69, 9.17) is 14.2 Å². The van der Waals surface area contributed by atoms with Gasteiger partial charge in [-0.25, -0.2) is 4.39 Å². The summed E-state index contributed by atoms with van der Waals surface area (Å²) in [7, 11) is 0. The number of benzene rings is 2. The summed E-state index contributed by atoms with van der Waals surface area (Å²) in [6, 6.07) is 9.09. The molecule has 1 unspecified atom stereocenters. The number of hydrogen-bond donors (Lipinski definition) is 1. The molecule has 0 aliphatic carbocycles. The van der Waals surface area contributed by atoms with Crippen molar-refractivity contribution in [2.24, 2.45) is 0 Å². The van der Waals surface area contributed by atoms with Gasteiger partial charge in [-0.3, -0.25) is 14.5 Å². The van der Waals surface area contributed by atoms with Gasteiger partial charge < -0.3 is 24.2 Å². The van der Waals surface area contributed by atoms with Gasteiger partial charge in [-0.05, 0) is 42.0 Å². The molecule has 0 radical (unpaired) electrons. The Kier molecular flexibility index (Phi) is 7.82. The van der Waals surface area contributed by atoms with Crippen molar-refractivity contribution in [3.05, 3.63) is 90.7 Å². The summed E-state index contributed by atoms with van der Waals surface area (Å²) in [6.45, 7) is 10.5. The van der Waals surface area contributed by atoms with Crippen molar-refractivity contribution in [3.63, 3.8) is 0 Å². The summed E-state index contributed by atoms with van der Waals surface area (Å²) in [4.78, 5) is 30.0. The van der Waals surface area contributed by atoms with Gasteiger partial charge in [0.05, 0.1) is 37.4 Å². The second-order valence-corrected chi connectivity index (χ2v) is 8.23. The Hall–Kier alpha value is -3.95. The van der Waals surface area contributed by atoms with Crippen LogP contribution in [0.25, 0.3) is 5.76 Å². The van der Waals surface area contributed by atoms with Crippen LogP contribution in [0.3, 0.4) is 0 Å². The van der Waals surface area contributed by atoms with Crippen molar-refractivity contribution in [2.45, 2.75) is 6.04 Å². The van der Waals surface area contributed by atoms with Crippen LogP contribution in [0, 0.1) is 5.82 Å². The molecule has 8 nitrogen and oxygen atoms in total. The quantitative estimate of drug-likeness (QED) is 0.324. The number of likely N-dealkylation sites (tertiary alicyclic amines) is 1. The van der Waals surface area contributed by atoms with Crippen LogP contribution in [0.4, 0.5) is 4.39 Å². The number of carbonyl (C=O) groups excluding carboxylic acids is 2. The van der Waals surface area contributed by atoms with Gasteiger partial charge in [0, 0.05) is 31.7 Å². The first-order chi connectivity index (χ1) is 17.4. The van der Waals surface area contributed by atoms with Gasteiger partial charge in [0.1, 0.15) is 11.6 Å². The predicted molar refractivity (Wildman–Crippen MR) is 131 cm³/mol. The predicted octanol–water partition coefficient (Wildman–Crippen LogP) is 3.62. The third-order valence-electron chi connectivity index (χ3n) is 6.12. The molecule has 2 aliphatic rings. The first-order valence-electron chi connectivity index (χ1n) is 11.5. The minimum atomic E-state index is -0.902. The summed E-state index contributed by atoms with van der Waals surface area (Å²) >= 11 is 0. The second-order valence-electron chi connectivity index (χ2n) is 8.23. The number of nitrogens with zero attached hydrogens (tertiary/aromatic N) is 2. The Morgan fingerprint density at radius 2 is 1.69 bits per heavy atom. The molecule has 9 heteroatoms. The molecule has 1 N–H and O–H groups in total. The van der Waals surface area contributed by atoms with Crippen LogP contribution < -0.4 is 9.47 Å². The summed E-state index contributed by atoms with van der Waals surface area (Å²) < 4.78 is 29.7. The Morgan fingerprint density at radius 1 is 1.03 bits per heavy atom. The maximum Gasteiger partial charge on any atom is 0.295 e. The van der Waals surface area contributed by atoms with Gasteiger partial charge >= 0.3 is 0 Å². The SMILES string of the molecule is C=COc1ccc(C2C(=C(O)c3ccc(F)cc3)C(=O)C(=O)N2CCN2CCOCC2)cc1OC=C. The highest BCUT2D eigenvalue weighted by molar-refractivity contribution is 6.46. The van der Waals surface area contributed by atoms with Crippen molar-refractivity contribution in [1.29, 1.82) is 0 Å². The van der Waals surface area contributed by atoms with Gasteiger partial charge in [0.15, 0.2) is 11.5 Å². The van der Waals surface area contributed by atoms with E-state index in [0.29, 0.717) is 36.8 Å². The standard InChI is InChI=1S/C27H27FN2O6/c1-3-35-21-10-7-19(17-22(21)36-4-2)24-23(25(31)18-5-8-20(28)9-6-18)26(32)27(33)30(24)12-11-29-13-15-34-16-14-29/h3-10,17,24,31H,1-2,11-16H2. The van der Waals surface area contributed by atoms with E-state index in [-0.39, 0.29) is 23.4 Å². The zero-order valence-corrected chi connectivity index (χ0v) is 19.7. The van der Waals surface area contributed by atoms with Crippen LogP contribution in [0.15, 0.2) is 73.7 Å². The first kappa shape index (κ1) is 25.2. The molecule has 2 heterocycles. The number of carbonyl (C=O) groups is 2. The van der Waals surface area contributed by atoms with Crippen LogP contribution in [0.1, 0.15) is 17.2 Å². The van der Waals surface area contributed by atoms with E-state index in [9.17, 15) is 19.1 Å². The van der Waals surface area contributed by atoms with E-state index in [1.165, 1.54) is 41.7 Å². The van der Waals surface area contributed by atoms with Gasteiger partial charge in [-0.1, -0.05) is 19.2 Å². The Morgan fingerprint density at radius 3 is 2.36 bits per heavy atom. The van der Waals surface area contributed by atoms with E-state index >= 15 is 0 Å². The summed E-state index contributed by atoms with van der Waals surface area (Å²) in [5.41, 5.74) is 0.658. The number of morpholine rings is 1. The lowest BCUT2D eigenvalue weighted by Crippen LogP contribution is -2.42. The summed E-state index contributed by atoms with van der Waals surface area (Å²) in [5, 5.41) is 11.1. The average Bonchev–Trinajstić information content (AvgIpc) is 3.14. The molecule has 0 bridgehead atoms. The maximum atomic E-state index is 13.5. The molecular weight excluding hydrogens is 467 g/mol. The van der Waals surface area contributed by atoms with Crippen molar-refractivity contribution in [1.82, 2.24) is 9.80 Å². The van der Waals surface area contributed by atoms with Crippen molar-refractivity contribution in [3.8, 4) is 11.5 Å². The number of halogens is 1. The van der Waals surface area contributed by atoms with Crippen LogP contribution in [0.5, 0.6) is 11.5 Å². The molecule has 2 aromatic rings. The topological polar surface area (TPSA) is 88.5 Å². The fraction of sp³-hybridized carbons (Fsp3) is 0.259. The molecule has 1 amide bonds. The number of amides is 1. The number of aliphatic hydroxyl groups is 1. The highest BCUT2D eigenvalue weighted by Gasteiger charge is 2.46. The van der Waals surface area contributed by atoms with Crippen LogP contribution in [-0.4, -0.2) is 66.0 Å². The molecule has 2 aliphatic heterocycles. The fourth-order valence-electron chi connectivity index (χ4n) is 4.36. The molecule has 1 atom stereocenters. The molecule has 0 saturated carbocycles. The van der Waals surface area contributed by atoms with Crippen LogP contribution >= 0.6 is 0 Å². The first-order valence-corrected chi connectivity index (χ1v) is 11.5. The van der Waals surface area contributed by atoms with E-state index in [0.717, 1.165) is 13.1 Å². The molecule has 0 aromatic heterocycles. The Labute approximate surface area is 208 Å². The number of ketones is 1. The molecular formula is C27H27FN2O6. The lowest BCUT2D eigenvalue weighted by Gasteiger charge is -2.31. The fourth-order valence-corrected chi connectivity index (χ4v) is 4.36. The van der Waals surface area contributed by atoms with Crippen LogP contribution in [0.2, 0.25) is 0 Å². The molecule has 4 rings (SSSR count). The molecule has 0 spiro atoms. The van der Waals surface area contributed by atoms with Crippen molar-refractivity contribution < 1.29 is 33.3 Å². The number of rotatable bonds is 9. The summed E-state index contributed by atoms with van der Waals surface area (Å²) in [6.07, 6.45) is 2.47. The number of ether oxygens (including phenoxy) is 3. The van der Waals surface area contributed by atoms with E-state index in [1.807, 2.05) is 0 Å². The minimum Gasteiger partial charge on any atom is -0.507 e. The zero-order chi connectivity index (χ0) is 25.7. The third kappa shape index (κ3) is 5.17. The second kappa shape index (κ2) is 11.2. The molecule has 188 valence electrons. The van der Waals surface area contributed by atoms with Crippen molar-refractivity contribution in [2.75, 3.05) is 39.4 Å². The average molecular weight is 495 g/mol. The van der Waals surface area contributed by atoms with Gasteiger partial charge in [-0.15, -0.1) is 0 Å². The largest absolute Gasteiger partial charge is 0.507 e. The minimum absolute atomic E-state index is 0.0875. The maximum absolute atomic E-state index is 13.5. The smallest absolute Gasteiger partial charge is 0.295 e. The lowest BCUT2D eigenvalue weighted by atomic mass is 9.95. The number of Topliss-reactive ketones (excluding diaryl/α,β-unsaturated/α-hetero) is 1. The highest BCUT2D eigenvalue weighted by Crippen LogP contribution is 2.42. The number of hydrogen-bond acceptors (Lipinski definition) is 7. The zero-order valence-electron chi connectivity index (χ0n) is 19.7. The van der Waals surface area contributed by atoms with Gasteiger partial charge in [0.2, 0.25) is 0 Å². The van der Waals surface area contributed by atoms with Crippen molar-refractivity contribution >= 4 is 17.4 Å². The highest BCUT2D eigenvalue weighted by atomic mass is 19.1. The van der Waals surface area contributed by atoms with E-state index < -0.39 is 23.5 Å².